The summed E-state index contributed by atoms with van der Waals surface area (Å²) < 4.78 is 6.12. The molecular formula is C16H27NO. The summed E-state index contributed by atoms with van der Waals surface area (Å²) in [5.41, 5.74) is 2.48. The first-order valence-electron chi connectivity index (χ1n) is 6.88. The summed E-state index contributed by atoms with van der Waals surface area (Å²) in [4.78, 5) is 0. The molecule has 0 aliphatic carbocycles. The molecule has 2 unspecified atom stereocenters. The predicted octanol–water partition coefficient (Wildman–Crippen LogP) is 4.09. The van der Waals surface area contributed by atoms with E-state index in [2.05, 4.69) is 58.1 Å². The Morgan fingerprint density at radius 3 is 2.39 bits per heavy atom. The molecule has 0 radical (unpaired) electrons. The van der Waals surface area contributed by atoms with Crippen molar-refractivity contribution in [1.82, 2.24) is 5.32 Å². The van der Waals surface area contributed by atoms with Gasteiger partial charge in [0, 0.05) is 11.6 Å². The van der Waals surface area contributed by atoms with Crippen LogP contribution in [0.3, 0.4) is 0 Å². The van der Waals surface area contributed by atoms with Crippen LogP contribution in [0.25, 0.3) is 0 Å². The molecular weight excluding hydrogens is 222 g/mol. The molecule has 1 rings (SSSR count). The Kier molecular flexibility index (Phi) is 5.67. The number of aryl methyl sites for hydroxylation is 1. The molecule has 102 valence electrons. The van der Waals surface area contributed by atoms with Crippen LogP contribution in [0, 0.1) is 12.8 Å². The lowest BCUT2D eigenvalue weighted by atomic mass is 10.0. The van der Waals surface area contributed by atoms with Gasteiger partial charge < -0.3 is 10.1 Å². The lowest BCUT2D eigenvalue weighted by molar-refractivity contribution is 0.190. The van der Waals surface area contributed by atoms with E-state index in [0.717, 1.165) is 12.2 Å². The van der Waals surface area contributed by atoms with Crippen molar-refractivity contribution in [3.05, 3.63) is 29.3 Å². The maximum absolute atomic E-state index is 6.12. The zero-order valence-corrected chi connectivity index (χ0v) is 12.6. The highest BCUT2D eigenvalue weighted by atomic mass is 16.5. The lowest BCUT2D eigenvalue weighted by Crippen LogP contribution is -2.18. The highest BCUT2D eigenvalue weighted by molar-refractivity contribution is 5.39. The Morgan fingerprint density at radius 1 is 1.17 bits per heavy atom. The highest BCUT2D eigenvalue weighted by Gasteiger charge is 2.13. The van der Waals surface area contributed by atoms with Gasteiger partial charge in [-0.25, -0.2) is 0 Å². The second-order valence-electron chi connectivity index (χ2n) is 5.61. The zero-order chi connectivity index (χ0) is 13.7. The maximum Gasteiger partial charge on any atom is 0.124 e. The van der Waals surface area contributed by atoms with Gasteiger partial charge in [-0.05, 0) is 51.8 Å². The van der Waals surface area contributed by atoms with Gasteiger partial charge in [0.15, 0.2) is 0 Å². The molecule has 0 bridgehead atoms. The molecule has 2 atom stereocenters. The first-order valence-corrected chi connectivity index (χ1v) is 6.88. The van der Waals surface area contributed by atoms with Crippen LogP contribution in [0.4, 0.5) is 0 Å². The van der Waals surface area contributed by atoms with Crippen molar-refractivity contribution in [2.75, 3.05) is 7.05 Å². The van der Waals surface area contributed by atoms with Crippen LogP contribution in [0.2, 0.25) is 0 Å². The minimum absolute atomic E-state index is 0.259. The third kappa shape index (κ3) is 4.34. The minimum atomic E-state index is 0.259. The highest BCUT2D eigenvalue weighted by Crippen LogP contribution is 2.28. The number of benzene rings is 1. The summed E-state index contributed by atoms with van der Waals surface area (Å²) in [6.07, 6.45) is 1.34. The van der Waals surface area contributed by atoms with Crippen molar-refractivity contribution in [3.63, 3.8) is 0 Å². The van der Waals surface area contributed by atoms with Crippen molar-refractivity contribution >= 4 is 0 Å². The lowest BCUT2D eigenvalue weighted by Gasteiger charge is -2.22. The van der Waals surface area contributed by atoms with Gasteiger partial charge in [-0.15, -0.1) is 0 Å². The number of ether oxygens (including phenoxy) is 1. The van der Waals surface area contributed by atoms with E-state index in [-0.39, 0.29) is 6.10 Å². The molecule has 0 saturated heterocycles. The fraction of sp³-hybridized carbons (Fsp3) is 0.625. The summed E-state index contributed by atoms with van der Waals surface area (Å²) in [7, 11) is 1.98. The van der Waals surface area contributed by atoms with Crippen LogP contribution in [0.1, 0.15) is 51.3 Å². The maximum atomic E-state index is 6.12. The summed E-state index contributed by atoms with van der Waals surface area (Å²) in [6.45, 7) is 10.9. The number of hydrogen-bond donors (Lipinski definition) is 1. The van der Waals surface area contributed by atoms with Crippen LogP contribution in [-0.4, -0.2) is 13.2 Å². The van der Waals surface area contributed by atoms with Crippen LogP contribution in [0.15, 0.2) is 18.2 Å². The second-order valence-corrected chi connectivity index (χ2v) is 5.61. The van der Waals surface area contributed by atoms with Gasteiger partial charge in [0.1, 0.15) is 5.75 Å². The minimum Gasteiger partial charge on any atom is -0.490 e. The third-order valence-electron chi connectivity index (χ3n) is 3.20. The van der Waals surface area contributed by atoms with E-state index in [1.807, 2.05) is 7.05 Å². The molecule has 1 N–H and O–H groups in total. The molecule has 1 aromatic carbocycles. The van der Waals surface area contributed by atoms with Crippen molar-refractivity contribution < 1.29 is 4.74 Å². The van der Waals surface area contributed by atoms with E-state index in [0.29, 0.717) is 12.0 Å². The molecule has 2 heteroatoms. The standard InChI is InChI=1S/C16H27NO/c1-11(2)9-13(4)18-16-10-12(3)7-8-15(16)14(5)17-6/h7-8,10-11,13-14,17H,9H2,1-6H3. The molecule has 0 fully saturated rings. The third-order valence-corrected chi connectivity index (χ3v) is 3.20. The van der Waals surface area contributed by atoms with Gasteiger partial charge in [0.05, 0.1) is 6.10 Å². The van der Waals surface area contributed by atoms with E-state index in [1.165, 1.54) is 11.1 Å². The Morgan fingerprint density at radius 2 is 1.83 bits per heavy atom. The van der Waals surface area contributed by atoms with Crippen LogP contribution in [-0.2, 0) is 0 Å². The van der Waals surface area contributed by atoms with Crippen molar-refractivity contribution in [2.24, 2.45) is 5.92 Å². The average molecular weight is 249 g/mol. The van der Waals surface area contributed by atoms with Crippen molar-refractivity contribution in [2.45, 2.75) is 53.2 Å². The number of rotatable bonds is 6. The molecule has 0 saturated carbocycles. The first-order chi connectivity index (χ1) is 8.43. The topological polar surface area (TPSA) is 21.3 Å². The molecule has 1 aromatic rings. The summed E-state index contributed by atoms with van der Waals surface area (Å²) in [5.74, 6) is 1.68. The summed E-state index contributed by atoms with van der Waals surface area (Å²) in [6, 6.07) is 6.75. The predicted molar refractivity (Wildman–Crippen MR) is 78.2 cm³/mol. The number of hydrogen-bond acceptors (Lipinski definition) is 2. The van der Waals surface area contributed by atoms with Gasteiger partial charge in [0.2, 0.25) is 0 Å². The molecule has 0 spiro atoms. The Balaban J connectivity index is 2.88. The molecule has 18 heavy (non-hydrogen) atoms. The average Bonchev–Trinajstić information content (AvgIpc) is 2.27. The van der Waals surface area contributed by atoms with Gasteiger partial charge in [-0.1, -0.05) is 26.0 Å². The molecule has 0 amide bonds. The first kappa shape index (κ1) is 15.0. The van der Waals surface area contributed by atoms with Crippen LogP contribution in [0.5, 0.6) is 5.75 Å². The summed E-state index contributed by atoms with van der Waals surface area (Å²) >= 11 is 0. The zero-order valence-electron chi connectivity index (χ0n) is 12.6. The summed E-state index contributed by atoms with van der Waals surface area (Å²) in [5, 5.41) is 3.28. The molecule has 0 aliphatic rings. The smallest absolute Gasteiger partial charge is 0.124 e. The van der Waals surface area contributed by atoms with Crippen LogP contribution >= 0.6 is 0 Å². The fourth-order valence-corrected chi connectivity index (χ4v) is 2.19. The van der Waals surface area contributed by atoms with Gasteiger partial charge >= 0.3 is 0 Å². The Hall–Kier alpha value is -1.02. The van der Waals surface area contributed by atoms with Gasteiger partial charge in [0.25, 0.3) is 0 Å². The Bertz CT molecular complexity index is 373. The van der Waals surface area contributed by atoms with E-state index in [1.54, 1.807) is 0 Å². The second kappa shape index (κ2) is 6.79. The van der Waals surface area contributed by atoms with Gasteiger partial charge in [-0.2, -0.15) is 0 Å². The SMILES string of the molecule is CNC(C)c1ccc(C)cc1OC(C)CC(C)C. The van der Waals surface area contributed by atoms with Crippen molar-refractivity contribution in [3.8, 4) is 5.75 Å². The van der Waals surface area contributed by atoms with E-state index in [9.17, 15) is 0 Å². The molecule has 0 aliphatic heterocycles. The molecule has 0 aromatic heterocycles. The molecule has 0 heterocycles. The van der Waals surface area contributed by atoms with E-state index < -0.39 is 0 Å². The van der Waals surface area contributed by atoms with E-state index in [4.69, 9.17) is 4.74 Å². The van der Waals surface area contributed by atoms with Gasteiger partial charge in [-0.3, -0.25) is 0 Å². The largest absolute Gasteiger partial charge is 0.490 e. The normalized spacial score (nSPS) is 14.6. The Labute approximate surface area is 112 Å². The van der Waals surface area contributed by atoms with Crippen LogP contribution < -0.4 is 10.1 Å². The monoisotopic (exact) mass is 249 g/mol. The van der Waals surface area contributed by atoms with E-state index >= 15 is 0 Å². The molecule has 2 nitrogen and oxygen atoms in total. The quantitative estimate of drug-likeness (QED) is 0.820. The number of nitrogens with one attached hydrogen (secondary N) is 1. The fourth-order valence-electron chi connectivity index (χ4n) is 2.19. The van der Waals surface area contributed by atoms with Crippen molar-refractivity contribution in [1.29, 1.82) is 0 Å².